The third-order valence-electron chi connectivity index (χ3n) is 4.73. The minimum absolute atomic E-state index is 0.373. The minimum Gasteiger partial charge on any atom is -0.329 e. The van der Waals surface area contributed by atoms with Crippen LogP contribution in [0.4, 0.5) is 0 Å². The lowest BCUT2D eigenvalue weighted by Crippen LogP contribution is -2.46. The Hall–Kier alpha value is -0.420. The fourth-order valence-electron chi connectivity index (χ4n) is 3.39. The average Bonchev–Trinajstić information content (AvgIpc) is 2.78. The van der Waals surface area contributed by atoms with Gasteiger partial charge in [0.2, 0.25) is 0 Å². The van der Waals surface area contributed by atoms with E-state index in [0.717, 1.165) is 0 Å². The average molecular weight is 295 g/mol. The molecule has 1 unspecified atom stereocenters. The van der Waals surface area contributed by atoms with E-state index in [4.69, 9.17) is 5.73 Å². The van der Waals surface area contributed by atoms with Crippen molar-refractivity contribution < 1.29 is 0 Å². The lowest BCUT2D eigenvalue weighted by molar-refractivity contribution is 0.101. The molecule has 2 rings (SSSR count). The number of piperidine rings is 1. The number of aryl methyl sites for hydroxylation is 2. The molecule has 1 aromatic rings. The summed E-state index contributed by atoms with van der Waals surface area (Å²) >= 11 is 1.89. The first-order chi connectivity index (χ1) is 9.56. The summed E-state index contributed by atoms with van der Waals surface area (Å²) < 4.78 is 0. The van der Waals surface area contributed by atoms with Crippen molar-refractivity contribution in [3.63, 3.8) is 0 Å². The Morgan fingerprint density at radius 1 is 1.40 bits per heavy atom. The van der Waals surface area contributed by atoms with Gasteiger partial charge in [-0.05, 0) is 65.0 Å². The van der Waals surface area contributed by atoms with Crippen molar-refractivity contribution >= 4 is 11.3 Å². The van der Waals surface area contributed by atoms with Gasteiger partial charge in [0.15, 0.2) is 0 Å². The second kappa shape index (κ2) is 7.03. The highest BCUT2D eigenvalue weighted by Crippen LogP contribution is 2.31. The van der Waals surface area contributed by atoms with Gasteiger partial charge in [0, 0.05) is 28.4 Å². The lowest BCUT2D eigenvalue weighted by Gasteiger charge is -2.40. The molecule has 1 aromatic heterocycles. The van der Waals surface area contributed by atoms with Crippen molar-refractivity contribution in [3.8, 4) is 0 Å². The van der Waals surface area contributed by atoms with Gasteiger partial charge in [-0.15, -0.1) is 11.3 Å². The number of nitrogens with two attached hydrogens (primary N) is 1. The number of hydrogen-bond acceptors (Lipinski definition) is 4. The SMILES string of the molecule is CCN1CCC(N(C)C(CN)c2cc(C)sc2C)CC1. The van der Waals surface area contributed by atoms with Gasteiger partial charge in [0.25, 0.3) is 0 Å². The first kappa shape index (κ1) is 16.0. The van der Waals surface area contributed by atoms with Gasteiger partial charge >= 0.3 is 0 Å². The molecule has 20 heavy (non-hydrogen) atoms. The first-order valence-electron chi connectivity index (χ1n) is 7.78. The smallest absolute Gasteiger partial charge is 0.0481 e. The van der Waals surface area contributed by atoms with E-state index in [1.807, 2.05) is 11.3 Å². The number of likely N-dealkylation sites (tertiary alicyclic amines) is 1. The Balaban J connectivity index is 2.06. The Morgan fingerprint density at radius 2 is 2.05 bits per heavy atom. The zero-order valence-corrected chi connectivity index (χ0v) is 14.2. The highest BCUT2D eigenvalue weighted by atomic mass is 32.1. The highest BCUT2D eigenvalue weighted by molar-refractivity contribution is 7.12. The van der Waals surface area contributed by atoms with Crippen LogP contribution in [-0.4, -0.2) is 49.1 Å². The van der Waals surface area contributed by atoms with Crippen molar-refractivity contribution in [2.75, 3.05) is 33.2 Å². The van der Waals surface area contributed by atoms with E-state index < -0.39 is 0 Å². The maximum atomic E-state index is 6.10. The number of rotatable bonds is 5. The van der Waals surface area contributed by atoms with E-state index in [0.29, 0.717) is 18.6 Å². The molecule has 114 valence electrons. The maximum Gasteiger partial charge on any atom is 0.0481 e. The van der Waals surface area contributed by atoms with E-state index in [2.05, 4.69) is 43.7 Å². The van der Waals surface area contributed by atoms with E-state index >= 15 is 0 Å². The molecule has 0 saturated carbocycles. The fourth-order valence-corrected chi connectivity index (χ4v) is 4.37. The normalized spacial score (nSPS) is 19.7. The van der Waals surface area contributed by atoms with E-state index in [-0.39, 0.29) is 0 Å². The molecule has 4 heteroatoms. The molecule has 1 aliphatic rings. The molecular weight excluding hydrogens is 266 g/mol. The molecule has 0 spiro atoms. The second-order valence-corrected chi connectivity index (χ2v) is 7.41. The summed E-state index contributed by atoms with van der Waals surface area (Å²) in [5.41, 5.74) is 7.54. The van der Waals surface area contributed by atoms with Gasteiger partial charge in [0.1, 0.15) is 0 Å². The van der Waals surface area contributed by atoms with Crippen molar-refractivity contribution in [2.24, 2.45) is 5.73 Å². The van der Waals surface area contributed by atoms with E-state index in [1.54, 1.807) is 0 Å². The third-order valence-corrected chi connectivity index (χ3v) is 5.72. The number of likely N-dealkylation sites (N-methyl/N-ethyl adjacent to an activating group) is 1. The van der Waals surface area contributed by atoms with Crippen molar-refractivity contribution in [1.29, 1.82) is 0 Å². The van der Waals surface area contributed by atoms with Crippen LogP contribution < -0.4 is 5.73 Å². The molecule has 1 atom stereocenters. The molecule has 2 N–H and O–H groups in total. The van der Waals surface area contributed by atoms with Crippen molar-refractivity contribution in [1.82, 2.24) is 9.80 Å². The number of thiophene rings is 1. The van der Waals surface area contributed by atoms with Gasteiger partial charge in [-0.3, -0.25) is 4.90 Å². The predicted octanol–water partition coefficient (Wildman–Crippen LogP) is 2.78. The van der Waals surface area contributed by atoms with E-state index in [1.165, 1.54) is 47.8 Å². The summed E-state index contributed by atoms with van der Waals surface area (Å²) in [4.78, 5) is 7.89. The van der Waals surface area contributed by atoms with Crippen LogP contribution in [0.1, 0.15) is 41.1 Å². The molecule has 0 radical (unpaired) electrons. The molecule has 1 fully saturated rings. The monoisotopic (exact) mass is 295 g/mol. The van der Waals surface area contributed by atoms with Gasteiger partial charge < -0.3 is 10.6 Å². The number of nitrogens with zero attached hydrogens (tertiary/aromatic N) is 2. The Morgan fingerprint density at radius 3 is 2.50 bits per heavy atom. The molecule has 1 aliphatic heterocycles. The zero-order chi connectivity index (χ0) is 14.7. The molecule has 0 aliphatic carbocycles. The first-order valence-corrected chi connectivity index (χ1v) is 8.59. The van der Waals surface area contributed by atoms with Crippen LogP contribution in [0.5, 0.6) is 0 Å². The van der Waals surface area contributed by atoms with Crippen LogP contribution in [0, 0.1) is 13.8 Å². The van der Waals surface area contributed by atoms with Crippen LogP contribution in [0.3, 0.4) is 0 Å². The van der Waals surface area contributed by atoms with Crippen LogP contribution in [-0.2, 0) is 0 Å². The molecule has 1 saturated heterocycles. The maximum absolute atomic E-state index is 6.10. The number of hydrogen-bond donors (Lipinski definition) is 1. The highest BCUT2D eigenvalue weighted by Gasteiger charge is 2.28. The molecule has 3 nitrogen and oxygen atoms in total. The molecular formula is C16H29N3S. The molecule has 0 aromatic carbocycles. The summed E-state index contributed by atoms with van der Waals surface area (Å²) in [7, 11) is 2.26. The van der Waals surface area contributed by atoms with Crippen LogP contribution in [0.15, 0.2) is 6.07 Å². The topological polar surface area (TPSA) is 32.5 Å². The van der Waals surface area contributed by atoms with E-state index in [9.17, 15) is 0 Å². The standard InChI is InChI=1S/C16H29N3S/c1-5-19-8-6-14(7-9-19)18(4)16(11-17)15-10-12(2)20-13(15)3/h10,14,16H,5-9,11,17H2,1-4H3. The third kappa shape index (κ3) is 3.42. The van der Waals surface area contributed by atoms with Gasteiger partial charge in [-0.2, -0.15) is 0 Å². The Bertz CT molecular complexity index is 421. The Kier molecular flexibility index (Phi) is 5.61. The lowest BCUT2D eigenvalue weighted by atomic mass is 9.98. The quantitative estimate of drug-likeness (QED) is 0.906. The molecule has 0 bridgehead atoms. The van der Waals surface area contributed by atoms with Gasteiger partial charge in [-0.25, -0.2) is 0 Å². The van der Waals surface area contributed by atoms with Crippen molar-refractivity contribution in [2.45, 2.75) is 45.7 Å². The second-order valence-electron chi connectivity index (χ2n) is 5.95. The summed E-state index contributed by atoms with van der Waals surface area (Å²) in [5.74, 6) is 0. The van der Waals surface area contributed by atoms with Crippen LogP contribution >= 0.6 is 11.3 Å². The zero-order valence-electron chi connectivity index (χ0n) is 13.4. The van der Waals surface area contributed by atoms with Crippen LogP contribution in [0.2, 0.25) is 0 Å². The van der Waals surface area contributed by atoms with Crippen LogP contribution in [0.25, 0.3) is 0 Å². The summed E-state index contributed by atoms with van der Waals surface area (Å²) in [6.45, 7) is 11.0. The summed E-state index contributed by atoms with van der Waals surface area (Å²) in [6.07, 6.45) is 2.53. The molecule has 2 heterocycles. The largest absolute Gasteiger partial charge is 0.329 e. The summed E-state index contributed by atoms with van der Waals surface area (Å²) in [6, 6.07) is 3.37. The van der Waals surface area contributed by atoms with Crippen molar-refractivity contribution in [3.05, 3.63) is 21.4 Å². The van der Waals surface area contributed by atoms with Gasteiger partial charge in [0.05, 0.1) is 0 Å². The minimum atomic E-state index is 0.373. The summed E-state index contributed by atoms with van der Waals surface area (Å²) in [5, 5.41) is 0. The fraction of sp³-hybridized carbons (Fsp3) is 0.750. The molecule has 0 amide bonds. The predicted molar refractivity (Wildman–Crippen MR) is 88.5 cm³/mol. The van der Waals surface area contributed by atoms with Gasteiger partial charge in [-0.1, -0.05) is 6.92 Å². The Labute approximate surface area is 127 Å².